The van der Waals surface area contributed by atoms with Gasteiger partial charge in [-0.3, -0.25) is 0 Å². The quantitative estimate of drug-likeness (QED) is 0.817. The number of hydrogen-bond acceptors (Lipinski definition) is 1. The molecule has 0 aliphatic heterocycles. The Labute approximate surface area is 127 Å². The van der Waals surface area contributed by atoms with E-state index in [9.17, 15) is 9.18 Å². The topological polar surface area (TPSA) is 41.1 Å². The van der Waals surface area contributed by atoms with Gasteiger partial charge in [-0.1, -0.05) is 23.4 Å². The first kappa shape index (κ1) is 14.9. The monoisotopic (exact) mass is 302 g/mol. The van der Waals surface area contributed by atoms with Gasteiger partial charge in [-0.05, 0) is 48.5 Å². The van der Waals surface area contributed by atoms with Gasteiger partial charge in [0.25, 0.3) is 0 Å². The SMILES string of the molecule is O=C(NCC#Cc1ccc(F)cc1)Nc1ccc(Cl)cc1. The van der Waals surface area contributed by atoms with Gasteiger partial charge >= 0.3 is 6.03 Å². The molecule has 0 unspecified atom stereocenters. The largest absolute Gasteiger partial charge is 0.327 e. The maximum absolute atomic E-state index is 12.7. The van der Waals surface area contributed by atoms with Crippen LogP contribution >= 0.6 is 11.6 Å². The molecule has 21 heavy (non-hydrogen) atoms. The molecular formula is C16H12ClFN2O. The van der Waals surface area contributed by atoms with Crippen LogP contribution in [0.2, 0.25) is 5.02 Å². The Morgan fingerprint density at radius 1 is 1.10 bits per heavy atom. The van der Waals surface area contributed by atoms with Gasteiger partial charge in [-0.25, -0.2) is 9.18 Å². The average Bonchev–Trinajstić information content (AvgIpc) is 2.48. The molecule has 0 aliphatic rings. The second-order valence-electron chi connectivity index (χ2n) is 4.12. The van der Waals surface area contributed by atoms with Gasteiger partial charge in [-0.2, -0.15) is 0 Å². The van der Waals surface area contributed by atoms with Crippen LogP contribution in [-0.2, 0) is 0 Å². The molecule has 3 nitrogen and oxygen atoms in total. The summed E-state index contributed by atoms with van der Waals surface area (Å²) in [5.41, 5.74) is 1.33. The van der Waals surface area contributed by atoms with E-state index in [1.807, 2.05) is 0 Å². The first-order valence-electron chi connectivity index (χ1n) is 6.18. The summed E-state index contributed by atoms with van der Waals surface area (Å²) in [6.45, 7) is 0.191. The summed E-state index contributed by atoms with van der Waals surface area (Å²) in [5, 5.41) is 5.85. The summed E-state index contributed by atoms with van der Waals surface area (Å²) in [7, 11) is 0. The van der Waals surface area contributed by atoms with Gasteiger partial charge < -0.3 is 10.6 Å². The number of benzene rings is 2. The van der Waals surface area contributed by atoms with Crippen molar-refractivity contribution in [1.82, 2.24) is 5.32 Å². The van der Waals surface area contributed by atoms with Crippen LogP contribution in [0, 0.1) is 17.7 Å². The fourth-order valence-corrected chi connectivity index (χ4v) is 1.64. The molecule has 2 rings (SSSR count). The summed E-state index contributed by atoms with van der Waals surface area (Å²) >= 11 is 5.75. The Kier molecular flexibility index (Phi) is 5.19. The number of anilines is 1. The van der Waals surface area contributed by atoms with Crippen LogP contribution in [0.5, 0.6) is 0 Å². The molecule has 5 heteroatoms. The molecule has 0 heterocycles. The second kappa shape index (κ2) is 7.32. The van der Waals surface area contributed by atoms with Crippen molar-refractivity contribution in [1.29, 1.82) is 0 Å². The molecule has 2 aromatic rings. The number of carbonyl (C=O) groups excluding carboxylic acids is 1. The Bertz CT molecular complexity index is 672. The lowest BCUT2D eigenvalue weighted by Crippen LogP contribution is -2.28. The lowest BCUT2D eigenvalue weighted by atomic mass is 10.2. The van der Waals surface area contributed by atoms with E-state index in [-0.39, 0.29) is 18.4 Å². The van der Waals surface area contributed by atoms with Crippen LogP contribution in [0.4, 0.5) is 14.9 Å². The third-order valence-electron chi connectivity index (χ3n) is 2.52. The predicted molar refractivity (Wildman–Crippen MR) is 81.8 cm³/mol. The summed E-state index contributed by atoms with van der Waals surface area (Å²) in [5.74, 6) is 5.30. The zero-order valence-corrected chi connectivity index (χ0v) is 11.7. The summed E-state index contributed by atoms with van der Waals surface area (Å²) < 4.78 is 12.7. The highest BCUT2D eigenvalue weighted by Crippen LogP contribution is 2.12. The highest BCUT2D eigenvalue weighted by molar-refractivity contribution is 6.30. The number of nitrogens with one attached hydrogen (secondary N) is 2. The zero-order chi connectivity index (χ0) is 15.1. The molecule has 0 spiro atoms. The molecule has 0 atom stereocenters. The normalized spacial score (nSPS) is 9.43. The predicted octanol–water partition coefficient (Wildman–Crippen LogP) is 3.65. The number of urea groups is 1. The molecule has 0 aliphatic carbocycles. The van der Waals surface area contributed by atoms with E-state index in [2.05, 4.69) is 22.5 Å². The van der Waals surface area contributed by atoms with E-state index in [4.69, 9.17) is 11.6 Å². The van der Waals surface area contributed by atoms with E-state index in [0.29, 0.717) is 16.3 Å². The molecule has 0 saturated carbocycles. The lowest BCUT2D eigenvalue weighted by molar-refractivity contribution is 0.253. The lowest BCUT2D eigenvalue weighted by Gasteiger charge is -2.04. The van der Waals surface area contributed by atoms with Gasteiger partial charge in [-0.15, -0.1) is 0 Å². The Hall–Kier alpha value is -2.51. The summed E-state index contributed by atoms with van der Waals surface area (Å²) in [6, 6.07) is 12.3. The fourth-order valence-electron chi connectivity index (χ4n) is 1.51. The van der Waals surface area contributed by atoms with Crippen LogP contribution in [0.25, 0.3) is 0 Å². The van der Waals surface area contributed by atoms with Crippen molar-refractivity contribution in [3.63, 3.8) is 0 Å². The van der Waals surface area contributed by atoms with Crippen molar-refractivity contribution in [2.24, 2.45) is 0 Å². The maximum atomic E-state index is 12.7. The minimum absolute atomic E-state index is 0.191. The fraction of sp³-hybridized carbons (Fsp3) is 0.0625. The molecule has 0 fully saturated rings. The van der Waals surface area contributed by atoms with Gasteiger partial charge in [0.1, 0.15) is 5.82 Å². The van der Waals surface area contributed by atoms with Crippen molar-refractivity contribution in [3.8, 4) is 11.8 Å². The van der Waals surface area contributed by atoms with E-state index >= 15 is 0 Å². The van der Waals surface area contributed by atoms with Crippen LogP contribution in [-0.4, -0.2) is 12.6 Å². The Morgan fingerprint density at radius 3 is 2.43 bits per heavy atom. The van der Waals surface area contributed by atoms with E-state index in [0.717, 1.165) is 0 Å². The standard InChI is InChI=1S/C16H12ClFN2O/c17-13-5-9-15(10-6-13)20-16(21)19-11-1-2-12-3-7-14(18)8-4-12/h3-10H,11H2,(H2,19,20,21). The first-order valence-corrected chi connectivity index (χ1v) is 6.56. The molecule has 2 aromatic carbocycles. The highest BCUT2D eigenvalue weighted by atomic mass is 35.5. The van der Waals surface area contributed by atoms with Crippen molar-refractivity contribution in [2.45, 2.75) is 0 Å². The second-order valence-corrected chi connectivity index (χ2v) is 4.56. The number of hydrogen-bond donors (Lipinski definition) is 2. The molecule has 0 radical (unpaired) electrons. The van der Waals surface area contributed by atoms with Crippen LogP contribution in [0.15, 0.2) is 48.5 Å². The number of carbonyl (C=O) groups is 1. The van der Waals surface area contributed by atoms with Crippen molar-refractivity contribution in [2.75, 3.05) is 11.9 Å². The Morgan fingerprint density at radius 2 is 1.76 bits per heavy atom. The van der Waals surface area contributed by atoms with Gasteiger partial charge in [0.15, 0.2) is 0 Å². The van der Waals surface area contributed by atoms with Gasteiger partial charge in [0.05, 0.1) is 6.54 Å². The molecule has 2 amide bonds. The molecule has 0 saturated heterocycles. The molecule has 2 N–H and O–H groups in total. The van der Waals surface area contributed by atoms with E-state index in [1.165, 1.54) is 12.1 Å². The van der Waals surface area contributed by atoms with Crippen molar-refractivity contribution >= 4 is 23.3 Å². The first-order chi connectivity index (χ1) is 10.1. The van der Waals surface area contributed by atoms with E-state index in [1.54, 1.807) is 36.4 Å². The van der Waals surface area contributed by atoms with E-state index < -0.39 is 0 Å². The number of halogens is 2. The summed E-state index contributed by atoms with van der Waals surface area (Å²) in [6.07, 6.45) is 0. The molecule has 106 valence electrons. The average molecular weight is 303 g/mol. The summed E-state index contributed by atoms with van der Waals surface area (Å²) in [4.78, 5) is 11.6. The molecular weight excluding hydrogens is 291 g/mol. The third kappa shape index (κ3) is 5.17. The zero-order valence-electron chi connectivity index (χ0n) is 11.0. The molecule has 0 aromatic heterocycles. The van der Waals surface area contributed by atoms with Crippen LogP contribution in [0.1, 0.15) is 5.56 Å². The minimum Gasteiger partial charge on any atom is -0.327 e. The number of amides is 2. The highest BCUT2D eigenvalue weighted by Gasteiger charge is 1.99. The molecule has 0 bridgehead atoms. The Balaban J connectivity index is 1.79. The maximum Gasteiger partial charge on any atom is 0.319 e. The van der Waals surface area contributed by atoms with Gasteiger partial charge in [0.2, 0.25) is 0 Å². The van der Waals surface area contributed by atoms with Crippen LogP contribution in [0.3, 0.4) is 0 Å². The van der Waals surface area contributed by atoms with Crippen LogP contribution < -0.4 is 10.6 Å². The third-order valence-corrected chi connectivity index (χ3v) is 2.77. The van der Waals surface area contributed by atoms with Crippen molar-refractivity contribution in [3.05, 3.63) is 64.9 Å². The minimum atomic E-state index is -0.356. The number of rotatable bonds is 2. The smallest absolute Gasteiger partial charge is 0.319 e. The van der Waals surface area contributed by atoms with Crippen molar-refractivity contribution < 1.29 is 9.18 Å². The van der Waals surface area contributed by atoms with Gasteiger partial charge in [0, 0.05) is 16.3 Å².